The van der Waals surface area contributed by atoms with Gasteiger partial charge in [-0.05, 0) is 45.0 Å². The van der Waals surface area contributed by atoms with Crippen molar-refractivity contribution in [2.24, 2.45) is 0 Å². The molecule has 1 amide bonds. The van der Waals surface area contributed by atoms with E-state index in [0.717, 1.165) is 23.8 Å². The SMILES string of the molecule is CCOc1cc2c(cc1N[C@H](C)C(=O)Nc1ccc(F)cc1Cl)O[C@H](C)C2. The van der Waals surface area contributed by atoms with Crippen LogP contribution in [0.2, 0.25) is 5.02 Å². The number of hydrogen-bond donors (Lipinski definition) is 2. The summed E-state index contributed by atoms with van der Waals surface area (Å²) in [5.74, 6) is 0.703. The van der Waals surface area contributed by atoms with Crippen molar-refractivity contribution < 1.29 is 18.7 Å². The lowest BCUT2D eigenvalue weighted by atomic mass is 10.1. The second kappa shape index (κ2) is 8.05. The maximum Gasteiger partial charge on any atom is 0.246 e. The Kier molecular flexibility index (Phi) is 5.75. The molecule has 5 nitrogen and oxygen atoms in total. The number of amides is 1. The summed E-state index contributed by atoms with van der Waals surface area (Å²) < 4.78 is 24.7. The number of carbonyl (C=O) groups excluding carboxylic acids is 1. The summed E-state index contributed by atoms with van der Waals surface area (Å²) in [5, 5.41) is 6.00. The summed E-state index contributed by atoms with van der Waals surface area (Å²) in [6.45, 7) is 6.15. The minimum atomic E-state index is -0.581. The van der Waals surface area contributed by atoms with Gasteiger partial charge in [0.25, 0.3) is 0 Å². The highest BCUT2D eigenvalue weighted by Gasteiger charge is 2.23. The fourth-order valence-electron chi connectivity index (χ4n) is 2.96. The number of nitrogens with one attached hydrogen (secondary N) is 2. The number of ether oxygens (including phenoxy) is 2. The molecule has 144 valence electrons. The maximum absolute atomic E-state index is 13.1. The number of rotatable bonds is 6. The standard InChI is InChI=1S/C20H22ClFN2O3/c1-4-26-19-8-13-7-11(2)27-18(13)10-17(19)23-12(3)20(25)24-16-6-5-14(22)9-15(16)21/h5-6,8-12,23H,4,7H2,1-3H3,(H,24,25)/t11-,12-/m1/s1. The first-order valence-electron chi connectivity index (χ1n) is 8.86. The summed E-state index contributed by atoms with van der Waals surface area (Å²) in [5.41, 5.74) is 2.12. The summed E-state index contributed by atoms with van der Waals surface area (Å²) >= 11 is 5.97. The van der Waals surface area contributed by atoms with Gasteiger partial charge in [-0.25, -0.2) is 4.39 Å². The zero-order valence-corrected chi connectivity index (χ0v) is 16.2. The quantitative estimate of drug-likeness (QED) is 0.751. The molecule has 0 radical (unpaired) electrons. The molecule has 0 bridgehead atoms. The molecular weight excluding hydrogens is 371 g/mol. The normalized spacial score (nSPS) is 16.3. The van der Waals surface area contributed by atoms with Gasteiger partial charge < -0.3 is 20.1 Å². The molecule has 0 saturated carbocycles. The molecule has 1 heterocycles. The average molecular weight is 393 g/mol. The third kappa shape index (κ3) is 4.45. The Hall–Kier alpha value is -2.47. The van der Waals surface area contributed by atoms with Crippen LogP contribution in [0.3, 0.4) is 0 Å². The van der Waals surface area contributed by atoms with Crippen molar-refractivity contribution in [3.8, 4) is 11.5 Å². The van der Waals surface area contributed by atoms with Crippen molar-refractivity contribution in [1.29, 1.82) is 0 Å². The van der Waals surface area contributed by atoms with E-state index in [1.165, 1.54) is 12.1 Å². The van der Waals surface area contributed by atoms with Gasteiger partial charge in [-0.1, -0.05) is 11.6 Å². The van der Waals surface area contributed by atoms with Crippen molar-refractivity contribution >= 4 is 28.9 Å². The Bertz CT molecular complexity index is 859. The van der Waals surface area contributed by atoms with Crippen LogP contribution in [-0.4, -0.2) is 24.7 Å². The van der Waals surface area contributed by atoms with Crippen LogP contribution in [0.15, 0.2) is 30.3 Å². The van der Waals surface area contributed by atoms with E-state index in [2.05, 4.69) is 10.6 Å². The lowest BCUT2D eigenvalue weighted by Gasteiger charge is -2.19. The number of halogens is 2. The molecule has 0 saturated heterocycles. The monoisotopic (exact) mass is 392 g/mol. The molecule has 0 unspecified atom stereocenters. The van der Waals surface area contributed by atoms with E-state index in [-0.39, 0.29) is 17.0 Å². The predicted octanol–water partition coefficient (Wildman–Crippen LogP) is 4.64. The fraction of sp³-hybridized carbons (Fsp3) is 0.350. The van der Waals surface area contributed by atoms with E-state index in [4.69, 9.17) is 21.1 Å². The minimum absolute atomic E-state index is 0.117. The molecule has 1 aliphatic heterocycles. The summed E-state index contributed by atoms with van der Waals surface area (Å²) in [6.07, 6.45) is 0.945. The van der Waals surface area contributed by atoms with E-state index in [9.17, 15) is 9.18 Å². The van der Waals surface area contributed by atoms with Gasteiger partial charge in [0, 0.05) is 18.1 Å². The van der Waals surface area contributed by atoms with Gasteiger partial charge >= 0.3 is 0 Å². The van der Waals surface area contributed by atoms with Gasteiger partial charge in [-0.3, -0.25) is 4.79 Å². The fourth-order valence-corrected chi connectivity index (χ4v) is 3.17. The predicted molar refractivity (Wildman–Crippen MR) is 105 cm³/mol. The van der Waals surface area contributed by atoms with Crippen molar-refractivity contribution in [1.82, 2.24) is 0 Å². The molecule has 2 aromatic rings. The van der Waals surface area contributed by atoms with Crippen LogP contribution in [0.1, 0.15) is 26.3 Å². The number of hydrogen-bond acceptors (Lipinski definition) is 4. The van der Waals surface area contributed by atoms with Crippen LogP contribution in [0.25, 0.3) is 0 Å². The molecule has 0 aliphatic carbocycles. The maximum atomic E-state index is 13.1. The molecule has 3 rings (SSSR count). The van der Waals surface area contributed by atoms with Crippen molar-refractivity contribution in [3.63, 3.8) is 0 Å². The van der Waals surface area contributed by atoms with E-state index in [0.29, 0.717) is 23.7 Å². The number of benzene rings is 2. The first-order chi connectivity index (χ1) is 12.9. The molecular formula is C20H22ClFN2O3. The van der Waals surface area contributed by atoms with E-state index >= 15 is 0 Å². The Balaban J connectivity index is 1.75. The Labute approximate surface area is 162 Å². The minimum Gasteiger partial charge on any atom is -0.492 e. The third-order valence-corrected chi connectivity index (χ3v) is 4.57. The Morgan fingerprint density at radius 3 is 2.85 bits per heavy atom. The zero-order valence-electron chi connectivity index (χ0n) is 15.4. The zero-order chi connectivity index (χ0) is 19.6. The number of carbonyl (C=O) groups is 1. The van der Waals surface area contributed by atoms with Gasteiger partial charge in [-0.15, -0.1) is 0 Å². The first-order valence-corrected chi connectivity index (χ1v) is 9.24. The highest BCUT2D eigenvalue weighted by Crippen LogP contribution is 2.38. The first kappa shape index (κ1) is 19.3. The second-order valence-electron chi connectivity index (χ2n) is 6.50. The van der Waals surface area contributed by atoms with E-state index in [1.807, 2.05) is 26.0 Å². The molecule has 27 heavy (non-hydrogen) atoms. The highest BCUT2D eigenvalue weighted by molar-refractivity contribution is 6.33. The second-order valence-corrected chi connectivity index (χ2v) is 6.91. The lowest BCUT2D eigenvalue weighted by molar-refractivity contribution is -0.116. The van der Waals surface area contributed by atoms with Gasteiger partial charge in [0.15, 0.2) is 0 Å². The Morgan fingerprint density at radius 2 is 2.15 bits per heavy atom. The van der Waals surface area contributed by atoms with Crippen LogP contribution in [0.5, 0.6) is 11.5 Å². The van der Waals surface area contributed by atoms with Crippen LogP contribution < -0.4 is 20.1 Å². The summed E-state index contributed by atoms with van der Waals surface area (Å²) in [4.78, 5) is 12.5. The molecule has 0 fully saturated rings. The molecule has 2 N–H and O–H groups in total. The number of fused-ring (bicyclic) bond motifs is 1. The lowest BCUT2D eigenvalue weighted by Crippen LogP contribution is -2.32. The molecule has 1 aliphatic rings. The summed E-state index contributed by atoms with van der Waals surface area (Å²) in [6, 6.07) is 7.05. The highest BCUT2D eigenvalue weighted by atomic mass is 35.5. The van der Waals surface area contributed by atoms with Crippen molar-refractivity contribution in [2.45, 2.75) is 39.3 Å². The largest absolute Gasteiger partial charge is 0.492 e. The van der Waals surface area contributed by atoms with Gasteiger partial charge in [0.05, 0.1) is 23.0 Å². The van der Waals surface area contributed by atoms with Crippen LogP contribution in [-0.2, 0) is 11.2 Å². The molecule has 0 spiro atoms. The summed E-state index contributed by atoms with van der Waals surface area (Å²) in [7, 11) is 0. The van der Waals surface area contributed by atoms with Crippen LogP contribution in [0.4, 0.5) is 15.8 Å². The van der Waals surface area contributed by atoms with Crippen LogP contribution in [0, 0.1) is 5.82 Å². The topological polar surface area (TPSA) is 59.6 Å². The molecule has 2 aromatic carbocycles. The third-order valence-electron chi connectivity index (χ3n) is 4.25. The van der Waals surface area contributed by atoms with Gasteiger partial charge in [0.1, 0.15) is 29.5 Å². The number of anilines is 2. The van der Waals surface area contributed by atoms with E-state index in [1.54, 1.807) is 6.92 Å². The molecule has 2 atom stereocenters. The van der Waals surface area contributed by atoms with E-state index < -0.39 is 11.9 Å². The van der Waals surface area contributed by atoms with Crippen molar-refractivity contribution in [2.75, 3.05) is 17.2 Å². The van der Waals surface area contributed by atoms with Gasteiger partial charge in [0.2, 0.25) is 5.91 Å². The molecule has 0 aromatic heterocycles. The Morgan fingerprint density at radius 1 is 1.37 bits per heavy atom. The average Bonchev–Trinajstić information content (AvgIpc) is 2.96. The van der Waals surface area contributed by atoms with Gasteiger partial charge in [-0.2, -0.15) is 0 Å². The van der Waals surface area contributed by atoms with Crippen LogP contribution >= 0.6 is 11.6 Å². The smallest absolute Gasteiger partial charge is 0.246 e. The van der Waals surface area contributed by atoms with Crippen molar-refractivity contribution in [3.05, 3.63) is 46.7 Å². The molecule has 7 heteroatoms.